The van der Waals surface area contributed by atoms with Crippen LogP contribution in [0.3, 0.4) is 0 Å². The highest BCUT2D eigenvalue weighted by Gasteiger charge is 2.15. The second-order valence-electron chi connectivity index (χ2n) is 4.35. The molecule has 0 fully saturated rings. The van der Waals surface area contributed by atoms with Crippen molar-refractivity contribution in [3.63, 3.8) is 0 Å². The lowest BCUT2D eigenvalue weighted by atomic mass is 10.2. The first-order chi connectivity index (χ1) is 10.1. The van der Waals surface area contributed by atoms with Crippen LogP contribution in [0, 0.1) is 0 Å². The zero-order valence-corrected chi connectivity index (χ0v) is 11.4. The predicted octanol–water partition coefficient (Wildman–Crippen LogP) is 1.84. The molecule has 0 bridgehead atoms. The topological polar surface area (TPSA) is 95.4 Å². The largest absolute Gasteiger partial charge is 0.476 e. The summed E-state index contributed by atoms with van der Waals surface area (Å²) in [6, 6.07) is 6.24. The smallest absolute Gasteiger partial charge is 0.356 e. The fourth-order valence-electron chi connectivity index (χ4n) is 1.72. The molecule has 0 saturated heterocycles. The Bertz CT molecular complexity index is 646. The normalized spacial score (nSPS) is 9.95. The van der Waals surface area contributed by atoms with Gasteiger partial charge in [-0.3, -0.25) is 4.98 Å². The first-order valence-electron chi connectivity index (χ1n) is 6.17. The Morgan fingerprint density at radius 3 is 2.62 bits per heavy atom. The number of amides is 2. The van der Waals surface area contributed by atoms with E-state index < -0.39 is 12.0 Å². The van der Waals surface area contributed by atoms with Crippen molar-refractivity contribution in [1.82, 2.24) is 14.9 Å². The summed E-state index contributed by atoms with van der Waals surface area (Å²) >= 11 is 0. The average Bonchev–Trinajstić information content (AvgIpc) is 2.48. The molecule has 2 aromatic heterocycles. The Morgan fingerprint density at radius 2 is 1.95 bits per heavy atom. The van der Waals surface area contributed by atoms with Crippen molar-refractivity contribution in [2.75, 3.05) is 12.4 Å². The van der Waals surface area contributed by atoms with E-state index in [1.165, 1.54) is 17.2 Å². The summed E-state index contributed by atoms with van der Waals surface area (Å²) in [4.78, 5) is 32.2. The molecule has 0 unspecified atom stereocenters. The summed E-state index contributed by atoms with van der Waals surface area (Å²) in [7, 11) is 1.62. The first-order valence-corrected chi connectivity index (χ1v) is 6.17. The van der Waals surface area contributed by atoms with Crippen LogP contribution in [0.4, 0.5) is 10.5 Å². The zero-order valence-electron chi connectivity index (χ0n) is 11.4. The molecule has 2 aromatic rings. The van der Waals surface area contributed by atoms with Gasteiger partial charge in [0, 0.05) is 32.2 Å². The van der Waals surface area contributed by atoms with Crippen molar-refractivity contribution >= 4 is 17.7 Å². The molecular weight excluding hydrogens is 272 g/mol. The molecule has 7 nitrogen and oxygen atoms in total. The second-order valence-corrected chi connectivity index (χ2v) is 4.35. The van der Waals surface area contributed by atoms with E-state index in [9.17, 15) is 9.59 Å². The summed E-state index contributed by atoms with van der Waals surface area (Å²) in [5.41, 5.74) is 0.895. The lowest BCUT2D eigenvalue weighted by Gasteiger charge is -2.18. The number of anilines is 1. The van der Waals surface area contributed by atoms with E-state index in [0.717, 1.165) is 5.56 Å². The van der Waals surface area contributed by atoms with Crippen molar-refractivity contribution in [2.24, 2.45) is 0 Å². The fourth-order valence-corrected chi connectivity index (χ4v) is 1.72. The summed E-state index contributed by atoms with van der Waals surface area (Å²) in [5.74, 6) is -1.19. The van der Waals surface area contributed by atoms with Gasteiger partial charge in [0.2, 0.25) is 0 Å². The van der Waals surface area contributed by atoms with Crippen LogP contribution in [0.5, 0.6) is 0 Å². The van der Waals surface area contributed by atoms with Crippen molar-refractivity contribution in [1.29, 1.82) is 0 Å². The Morgan fingerprint density at radius 1 is 1.24 bits per heavy atom. The van der Waals surface area contributed by atoms with E-state index in [-0.39, 0.29) is 11.4 Å². The van der Waals surface area contributed by atoms with Crippen LogP contribution in [-0.2, 0) is 6.54 Å². The summed E-state index contributed by atoms with van der Waals surface area (Å²) in [6.07, 6.45) is 4.65. The molecule has 21 heavy (non-hydrogen) atoms. The number of rotatable bonds is 4. The number of carboxylic acid groups (broad SMARTS) is 1. The maximum absolute atomic E-state index is 12.1. The van der Waals surface area contributed by atoms with Crippen LogP contribution < -0.4 is 5.32 Å². The van der Waals surface area contributed by atoms with E-state index >= 15 is 0 Å². The number of hydrogen-bond donors (Lipinski definition) is 2. The lowest BCUT2D eigenvalue weighted by molar-refractivity contribution is 0.0691. The standard InChI is InChI=1S/C14H14N4O3/c1-18(9-10-4-7-15-8-5-10)14(21)17-11-3-2-6-16-12(11)13(19)20/h2-8H,9H2,1H3,(H,17,21)(H,19,20). The predicted molar refractivity (Wildman–Crippen MR) is 75.9 cm³/mol. The first kappa shape index (κ1) is 14.4. The minimum atomic E-state index is -1.19. The van der Waals surface area contributed by atoms with Gasteiger partial charge in [0.05, 0.1) is 5.69 Å². The van der Waals surface area contributed by atoms with Gasteiger partial charge in [-0.25, -0.2) is 14.6 Å². The van der Waals surface area contributed by atoms with E-state index in [0.29, 0.717) is 6.54 Å². The van der Waals surface area contributed by atoms with Gasteiger partial charge in [-0.1, -0.05) is 0 Å². The van der Waals surface area contributed by atoms with Gasteiger partial charge in [-0.15, -0.1) is 0 Å². The molecular formula is C14H14N4O3. The van der Waals surface area contributed by atoms with Crippen molar-refractivity contribution in [3.8, 4) is 0 Å². The highest BCUT2D eigenvalue weighted by molar-refractivity contribution is 5.98. The zero-order chi connectivity index (χ0) is 15.2. The molecule has 0 aliphatic rings. The molecule has 0 aromatic carbocycles. The molecule has 108 valence electrons. The SMILES string of the molecule is CN(Cc1ccncc1)C(=O)Nc1cccnc1C(=O)O. The molecule has 0 saturated carbocycles. The molecule has 0 spiro atoms. The number of nitrogens with zero attached hydrogens (tertiary/aromatic N) is 3. The Labute approximate surface area is 121 Å². The number of carboxylic acids is 1. The highest BCUT2D eigenvalue weighted by atomic mass is 16.4. The van der Waals surface area contributed by atoms with Crippen molar-refractivity contribution < 1.29 is 14.7 Å². The fraction of sp³-hybridized carbons (Fsp3) is 0.143. The number of aromatic carboxylic acids is 1. The molecule has 0 radical (unpaired) electrons. The number of hydrogen-bond acceptors (Lipinski definition) is 4. The third-order valence-electron chi connectivity index (χ3n) is 2.77. The van der Waals surface area contributed by atoms with Crippen LogP contribution >= 0.6 is 0 Å². The van der Waals surface area contributed by atoms with Crippen LogP contribution in [0.15, 0.2) is 42.9 Å². The van der Waals surface area contributed by atoms with Crippen molar-refractivity contribution in [3.05, 3.63) is 54.1 Å². The van der Waals surface area contributed by atoms with Gasteiger partial charge in [-0.05, 0) is 29.8 Å². The van der Waals surface area contributed by atoms with Gasteiger partial charge in [0.1, 0.15) is 0 Å². The molecule has 2 N–H and O–H groups in total. The molecule has 7 heteroatoms. The molecule has 0 aliphatic heterocycles. The molecule has 0 atom stereocenters. The third kappa shape index (κ3) is 3.75. The Hall–Kier alpha value is -2.96. The van der Waals surface area contributed by atoms with Crippen LogP contribution in [0.2, 0.25) is 0 Å². The summed E-state index contributed by atoms with van der Waals surface area (Å²) in [5, 5.41) is 11.6. The monoisotopic (exact) mass is 286 g/mol. The van der Waals surface area contributed by atoms with Gasteiger partial charge in [-0.2, -0.15) is 0 Å². The summed E-state index contributed by atoms with van der Waals surface area (Å²) < 4.78 is 0. The minimum Gasteiger partial charge on any atom is -0.476 e. The number of urea groups is 1. The maximum atomic E-state index is 12.1. The highest BCUT2D eigenvalue weighted by Crippen LogP contribution is 2.13. The van der Waals surface area contributed by atoms with Crippen LogP contribution in [0.1, 0.15) is 16.1 Å². The van der Waals surface area contributed by atoms with Gasteiger partial charge >= 0.3 is 12.0 Å². The van der Waals surface area contributed by atoms with E-state index in [2.05, 4.69) is 15.3 Å². The van der Waals surface area contributed by atoms with E-state index in [1.54, 1.807) is 37.6 Å². The molecule has 2 amide bonds. The third-order valence-corrected chi connectivity index (χ3v) is 2.77. The number of carbonyl (C=O) groups is 2. The number of pyridine rings is 2. The van der Waals surface area contributed by atoms with Crippen molar-refractivity contribution in [2.45, 2.75) is 6.54 Å². The van der Waals surface area contributed by atoms with Gasteiger partial charge < -0.3 is 15.3 Å². The van der Waals surface area contributed by atoms with E-state index in [1.807, 2.05) is 0 Å². The number of aromatic nitrogens is 2. The Balaban J connectivity index is 2.06. The van der Waals surface area contributed by atoms with E-state index in [4.69, 9.17) is 5.11 Å². The lowest BCUT2D eigenvalue weighted by Crippen LogP contribution is -2.31. The average molecular weight is 286 g/mol. The quantitative estimate of drug-likeness (QED) is 0.894. The summed E-state index contributed by atoms with van der Waals surface area (Å²) in [6.45, 7) is 0.386. The number of carbonyl (C=O) groups excluding carboxylic acids is 1. The minimum absolute atomic E-state index is 0.163. The van der Waals surface area contributed by atoms with Gasteiger partial charge in [0.25, 0.3) is 0 Å². The van der Waals surface area contributed by atoms with Gasteiger partial charge in [0.15, 0.2) is 5.69 Å². The second kappa shape index (κ2) is 6.47. The molecule has 2 heterocycles. The maximum Gasteiger partial charge on any atom is 0.356 e. The van der Waals surface area contributed by atoms with Crippen LogP contribution in [-0.4, -0.2) is 39.0 Å². The molecule has 0 aliphatic carbocycles. The number of nitrogens with one attached hydrogen (secondary N) is 1. The Kier molecular flexibility index (Phi) is 4.45. The molecule has 2 rings (SSSR count). The van der Waals surface area contributed by atoms with Crippen LogP contribution in [0.25, 0.3) is 0 Å².